The fourth-order valence-electron chi connectivity index (χ4n) is 5.62. The van der Waals surface area contributed by atoms with Crippen molar-refractivity contribution >= 4 is 57.6 Å². The lowest BCUT2D eigenvalue weighted by Gasteiger charge is -2.36. The molecule has 9 nitrogen and oxygen atoms in total. The van der Waals surface area contributed by atoms with Gasteiger partial charge in [0, 0.05) is 45.9 Å². The molecule has 2 aromatic carbocycles. The van der Waals surface area contributed by atoms with Crippen LogP contribution in [0.5, 0.6) is 23.0 Å². The number of fused-ring (bicyclic) bond motifs is 4. The van der Waals surface area contributed by atoms with Crippen LogP contribution in [-0.4, -0.2) is 62.5 Å². The minimum atomic E-state index is -2.24. The average molecular weight is 659 g/mol. The molecule has 0 bridgehead atoms. The van der Waals surface area contributed by atoms with Crippen molar-refractivity contribution in [3.8, 4) is 23.0 Å². The Morgan fingerprint density at radius 3 is 2.31 bits per heavy atom. The number of aliphatic hydroxyl groups is 1. The third-order valence-electron chi connectivity index (χ3n) is 8.89. The minimum absolute atomic E-state index is 0.0213. The summed E-state index contributed by atoms with van der Waals surface area (Å²) in [5.74, 6) is 1.99. The summed E-state index contributed by atoms with van der Waals surface area (Å²) in [4.78, 5) is 22.9. The molecule has 3 heterocycles. The number of carbonyl (C=O) groups excluding carboxylic acids is 1. The van der Waals surface area contributed by atoms with Gasteiger partial charge in [0.2, 0.25) is 5.75 Å². The molecule has 5 rings (SSSR count). The maximum atomic E-state index is 14.3. The molecule has 11 heteroatoms. The first kappa shape index (κ1) is 30.3. The second-order valence-corrected chi connectivity index (χ2v) is 17.7. The van der Waals surface area contributed by atoms with Gasteiger partial charge in [-0.3, -0.25) is 4.79 Å². The lowest BCUT2D eigenvalue weighted by Crippen LogP contribution is -2.44. The van der Waals surface area contributed by atoms with Crippen molar-refractivity contribution in [2.75, 3.05) is 38.1 Å². The normalized spacial score (nSPS) is 15.4. The van der Waals surface area contributed by atoms with Gasteiger partial charge in [0.15, 0.2) is 11.5 Å². The zero-order valence-electron chi connectivity index (χ0n) is 25.7. The number of hydrogen-bond acceptors (Lipinski definition) is 6. The summed E-state index contributed by atoms with van der Waals surface area (Å²) in [6, 6.07) is 5.65. The van der Waals surface area contributed by atoms with Crippen LogP contribution in [0.3, 0.4) is 0 Å². The monoisotopic (exact) mass is 657 g/mol. The summed E-state index contributed by atoms with van der Waals surface area (Å²) in [6.07, 6.45) is 0. The highest BCUT2D eigenvalue weighted by atomic mass is 79.9. The van der Waals surface area contributed by atoms with Crippen LogP contribution in [-0.2, 0) is 6.61 Å². The Hall–Kier alpha value is -3.15. The molecule has 0 saturated heterocycles. The van der Waals surface area contributed by atoms with Gasteiger partial charge >= 0.3 is 0 Å². The SMILES string of the molecule is COc1cc2cc(C(=O)N3CC(CBr)c4c3cc(O[Si](C)(C)C(C)(C)C)c3[nH]c(C)c(CO)c43)[nH]c2c(OC)c1OC. The summed E-state index contributed by atoms with van der Waals surface area (Å²) in [5, 5.41) is 12.8. The number of methoxy groups -OCH3 is 3. The zero-order chi connectivity index (χ0) is 30.7. The number of nitrogens with zero attached hydrogens (tertiary/aromatic N) is 1. The van der Waals surface area contributed by atoms with E-state index in [1.54, 1.807) is 21.3 Å². The molecule has 226 valence electrons. The second kappa shape index (κ2) is 10.8. The predicted octanol–water partition coefficient (Wildman–Crippen LogP) is 7.00. The van der Waals surface area contributed by atoms with Crippen molar-refractivity contribution in [1.29, 1.82) is 0 Å². The van der Waals surface area contributed by atoms with Gasteiger partial charge in [0.25, 0.3) is 14.2 Å². The molecule has 1 aliphatic rings. The Morgan fingerprint density at radius 1 is 1.05 bits per heavy atom. The first-order valence-electron chi connectivity index (χ1n) is 14.0. The van der Waals surface area contributed by atoms with Crippen LogP contribution in [0.25, 0.3) is 21.8 Å². The maximum Gasteiger partial charge on any atom is 0.274 e. The van der Waals surface area contributed by atoms with E-state index < -0.39 is 8.32 Å². The van der Waals surface area contributed by atoms with E-state index in [-0.39, 0.29) is 23.5 Å². The van der Waals surface area contributed by atoms with Crippen LogP contribution in [0.4, 0.5) is 5.69 Å². The van der Waals surface area contributed by atoms with Crippen molar-refractivity contribution in [1.82, 2.24) is 9.97 Å². The molecular weight excluding hydrogens is 618 g/mol. The summed E-state index contributed by atoms with van der Waals surface area (Å²) < 4.78 is 23.6. The van der Waals surface area contributed by atoms with E-state index in [1.165, 1.54) is 0 Å². The van der Waals surface area contributed by atoms with E-state index in [4.69, 9.17) is 18.6 Å². The number of hydrogen-bond donors (Lipinski definition) is 3. The number of aliphatic hydroxyl groups excluding tert-OH is 1. The van der Waals surface area contributed by atoms with E-state index in [0.717, 1.165) is 38.8 Å². The van der Waals surface area contributed by atoms with E-state index in [2.05, 4.69) is 59.8 Å². The number of aryl methyl sites for hydroxylation is 1. The fraction of sp³-hybridized carbons (Fsp3) is 0.452. The van der Waals surface area contributed by atoms with Crippen molar-refractivity contribution < 1.29 is 28.5 Å². The standard InChI is InChI=1S/C31H40BrN3O6Si/c1-16-19(15-36)25-24-18(13-32)14-35(21(24)12-22(27(25)33-16)41-42(8,9)31(2,3)4)30(37)20-10-17-11-23(38-5)28(39-6)29(40-7)26(17)34-20/h10-12,18,33-34,36H,13-15H2,1-9H3. The first-order valence-corrected chi connectivity index (χ1v) is 18.0. The highest BCUT2D eigenvalue weighted by Crippen LogP contribution is 2.50. The number of carbonyl (C=O) groups is 1. The molecule has 1 unspecified atom stereocenters. The average Bonchev–Trinajstić information content (AvgIpc) is 3.63. The van der Waals surface area contributed by atoms with Gasteiger partial charge in [-0.15, -0.1) is 0 Å². The van der Waals surface area contributed by atoms with Gasteiger partial charge in [-0.25, -0.2) is 0 Å². The number of H-pyrrole nitrogens is 2. The van der Waals surface area contributed by atoms with E-state index in [9.17, 15) is 9.90 Å². The molecule has 1 aliphatic heterocycles. The smallest absolute Gasteiger partial charge is 0.274 e. The van der Waals surface area contributed by atoms with E-state index in [0.29, 0.717) is 46.1 Å². The number of aromatic nitrogens is 2. The second-order valence-electron chi connectivity index (χ2n) is 12.4. The number of nitrogens with one attached hydrogen (secondary N) is 2. The van der Waals surface area contributed by atoms with Crippen molar-refractivity contribution in [3.63, 3.8) is 0 Å². The van der Waals surface area contributed by atoms with Crippen LogP contribution < -0.4 is 23.5 Å². The topological polar surface area (TPSA) is 109 Å². The van der Waals surface area contributed by atoms with Gasteiger partial charge in [-0.1, -0.05) is 36.7 Å². The summed E-state index contributed by atoms with van der Waals surface area (Å²) in [6.45, 7) is 13.4. The van der Waals surface area contributed by atoms with Crippen molar-refractivity contribution in [2.45, 2.75) is 58.4 Å². The Bertz CT molecular complexity index is 1690. The van der Waals surface area contributed by atoms with Crippen LogP contribution in [0, 0.1) is 6.92 Å². The summed E-state index contributed by atoms with van der Waals surface area (Å²) >= 11 is 3.70. The Morgan fingerprint density at radius 2 is 1.74 bits per heavy atom. The highest BCUT2D eigenvalue weighted by Gasteiger charge is 2.42. The van der Waals surface area contributed by atoms with E-state index >= 15 is 0 Å². The molecule has 3 N–H and O–H groups in total. The fourth-order valence-corrected chi connectivity index (χ4v) is 7.17. The molecule has 0 saturated carbocycles. The molecule has 42 heavy (non-hydrogen) atoms. The van der Waals surface area contributed by atoms with Gasteiger partial charge in [-0.05, 0) is 42.8 Å². The number of ether oxygens (including phenoxy) is 3. The largest absolute Gasteiger partial charge is 0.542 e. The molecule has 0 radical (unpaired) electrons. The summed E-state index contributed by atoms with van der Waals surface area (Å²) in [5.41, 5.74) is 5.48. The van der Waals surface area contributed by atoms with Crippen LogP contribution >= 0.6 is 15.9 Å². The van der Waals surface area contributed by atoms with Crippen LogP contribution in [0.1, 0.15) is 54.0 Å². The number of rotatable bonds is 8. The summed E-state index contributed by atoms with van der Waals surface area (Å²) in [7, 11) is 2.43. The Labute approximate surface area is 255 Å². The van der Waals surface area contributed by atoms with Crippen LogP contribution in [0.2, 0.25) is 18.1 Å². The number of aromatic amines is 2. The van der Waals surface area contributed by atoms with Gasteiger partial charge in [0.1, 0.15) is 11.4 Å². The number of halogens is 1. The quantitative estimate of drug-likeness (QED) is 0.139. The zero-order valence-corrected chi connectivity index (χ0v) is 28.3. The number of anilines is 1. The third-order valence-corrected chi connectivity index (χ3v) is 14.0. The minimum Gasteiger partial charge on any atom is -0.542 e. The number of benzene rings is 2. The van der Waals surface area contributed by atoms with Crippen LogP contribution in [0.15, 0.2) is 18.2 Å². The van der Waals surface area contributed by atoms with Crippen molar-refractivity contribution in [3.05, 3.63) is 40.7 Å². The number of alkyl halides is 1. The molecule has 1 amide bonds. The lowest BCUT2D eigenvalue weighted by molar-refractivity contribution is 0.0984. The molecule has 1 atom stereocenters. The van der Waals surface area contributed by atoms with Gasteiger partial charge < -0.3 is 38.6 Å². The van der Waals surface area contributed by atoms with Gasteiger partial charge in [0.05, 0.1) is 44.7 Å². The number of amides is 1. The predicted molar refractivity (Wildman–Crippen MR) is 173 cm³/mol. The maximum absolute atomic E-state index is 14.3. The highest BCUT2D eigenvalue weighted by molar-refractivity contribution is 9.09. The molecule has 0 aliphatic carbocycles. The third kappa shape index (κ3) is 4.66. The van der Waals surface area contributed by atoms with E-state index in [1.807, 2.05) is 30.0 Å². The molecule has 0 spiro atoms. The molecule has 4 aromatic rings. The first-order chi connectivity index (χ1) is 19.8. The Kier molecular flexibility index (Phi) is 7.82. The Balaban J connectivity index is 1.70. The lowest BCUT2D eigenvalue weighted by atomic mass is 9.96. The van der Waals surface area contributed by atoms with Crippen molar-refractivity contribution in [2.24, 2.45) is 0 Å². The molecule has 0 fully saturated rings. The molecular formula is C31H40BrN3O6Si. The molecule has 2 aromatic heterocycles. The van der Waals surface area contributed by atoms with Gasteiger partial charge in [-0.2, -0.15) is 0 Å².